The van der Waals surface area contributed by atoms with Crippen molar-refractivity contribution in [1.29, 1.82) is 0 Å². The van der Waals surface area contributed by atoms with Gasteiger partial charge in [0.25, 0.3) is 10.1 Å². The molecule has 7 nitrogen and oxygen atoms in total. The van der Waals surface area contributed by atoms with Gasteiger partial charge in [0.2, 0.25) is 5.91 Å². The molecule has 0 saturated heterocycles. The van der Waals surface area contributed by atoms with Crippen molar-refractivity contribution in [2.75, 3.05) is 5.75 Å². The smallest absolute Gasteiger partial charge is 0.327 e. The Labute approximate surface area is 120 Å². The zero-order chi connectivity index (χ0) is 15.3. The van der Waals surface area contributed by atoms with Gasteiger partial charge in [0.05, 0.1) is 0 Å². The van der Waals surface area contributed by atoms with Gasteiger partial charge in [-0.25, -0.2) is 4.79 Å². The minimum atomic E-state index is -4.54. The van der Waals surface area contributed by atoms with Gasteiger partial charge in [-0.05, 0) is 5.56 Å². The number of carboxylic acids is 1. The van der Waals surface area contributed by atoms with Gasteiger partial charge in [-0.1, -0.05) is 30.3 Å². The fourth-order valence-electron chi connectivity index (χ4n) is 1.40. The summed E-state index contributed by atoms with van der Waals surface area (Å²) >= 11 is 5.86. The molecule has 0 aliphatic rings. The summed E-state index contributed by atoms with van der Waals surface area (Å²) in [7, 11) is -4.54. The lowest BCUT2D eigenvalue weighted by Gasteiger charge is -2.15. The van der Waals surface area contributed by atoms with Crippen molar-refractivity contribution in [2.24, 2.45) is 0 Å². The van der Waals surface area contributed by atoms with Crippen molar-refractivity contribution < 1.29 is 27.7 Å². The van der Waals surface area contributed by atoms with Gasteiger partial charge >= 0.3 is 5.97 Å². The highest BCUT2D eigenvalue weighted by molar-refractivity contribution is 7.85. The number of amides is 1. The number of carbonyl (C=O) groups is 2. The quantitative estimate of drug-likeness (QED) is 0.516. The minimum absolute atomic E-state index is 0.433. The highest BCUT2D eigenvalue weighted by Crippen LogP contribution is 2.20. The Morgan fingerprint density at radius 1 is 1.25 bits per heavy atom. The van der Waals surface area contributed by atoms with Crippen LogP contribution in [0.15, 0.2) is 30.3 Å². The molecule has 0 aromatic heterocycles. The first-order chi connectivity index (χ1) is 9.20. The lowest BCUT2D eigenvalue weighted by Crippen LogP contribution is -2.46. The number of alkyl halides is 1. The molecule has 0 bridgehead atoms. The molecule has 3 N–H and O–H groups in total. The van der Waals surface area contributed by atoms with Crippen LogP contribution in [0.1, 0.15) is 10.9 Å². The van der Waals surface area contributed by atoms with Crippen LogP contribution in [0.4, 0.5) is 0 Å². The van der Waals surface area contributed by atoms with Crippen LogP contribution in [-0.2, 0) is 19.7 Å². The molecule has 1 aromatic rings. The van der Waals surface area contributed by atoms with Gasteiger partial charge in [0.1, 0.15) is 17.2 Å². The van der Waals surface area contributed by atoms with Crippen molar-refractivity contribution in [3.63, 3.8) is 0 Å². The van der Waals surface area contributed by atoms with Gasteiger partial charge in [0, 0.05) is 0 Å². The van der Waals surface area contributed by atoms with E-state index in [1.807, 2.05) is 5.32 Å². The summed E-state index contributed by atoms with van der Waals surface area (Å²) in [5, 5.41) is 9.60. The second-order valence-corrected chi connectivity index (χ2v) is 5.85. The zero-order valence-corrected chi connectivity index (χ0v) is 11.6. The third kappa shape index (κ3) is 5.16. The molecule has 0 spiro atoms. The Morgan fingerprint density at radius 2 is 1.80 bits per heavy atom. The van der Waals surface area contributed by atoms with Gasteiger partial charge in [0.15, 0.2) is 0 Å². The van der Waals surface area contributed by atoms with Crippen molar-refractivity contribution in [2.45, 2.75) is 11.4 Å². The van der Waals surface area contributed by atoms with Crippen LogP contribution in [0.5, 0.6) is 0 Å². The first kappa shape index (κ1) is 16.4. The van der Waals surface area contributed by atoms with Crippen LogP contribution in [0.25, 0.3) is 0 Å². The topological polar surface area (TPSA) is 121 Å². The molecule has 0 aliphatic heterocycles. The van der Waals surface area contributed by atoms with E-state index in [0.29, 0.717) is 5.56 Å². The van der Waals surface area contributed by atoms with E-state index in [1.54, 1.807) is 30.3 Å². The number of benzene rings is 1. The van der Waals surface area contributed by atoms with Crippen molar-refractivity contribution in [1.82, 2.24) is 5.32 Å². The Kier molecular flexibility index (Phi) is 5.49. The maximum absolute atomic E-state index is 11.8. The monoisotopic (exact) mass is 321 g/mol. The number of hydrogen-bond acceptors (Lipinski definition) is 4. The highest BCUT2D eigenvalue weighted by Gasteiger charge is 2.28. The summed E-state index contributed by atoms with van der Waals surface area (Å²) in [6.07, 6.45) is 0. The average Bonchev–Trinajstić information content (AvgIpc) is 2.36. The van der Waals surface area contributed by atoms with Gasteiger partial charge in [-0.2, -0.15) is 8.42 Å². The maximum atomic E-state index is 11.8. The lowest BCUT2D eigenvalue weighted by molar-refractivity contribution is -0.141. The Bertz CT molecular complexity index is 588. The molecular weight excluding hydrogens is 310 g/mol. The van der Waals surface area contributed by atoms with Gasteiger partial charge < -0.3 is 10.4 Å². The number of halogens is 1. The number of carboxylic acid groups (broad SMARTS) is 1. The van der Waals surface area contributed by atoms with Crippen LogP contribution in [0, 0.1) is 0 Å². The fraction of sp³-hybridized carbons (Fsp3) is 0.273. The fourth-order valence-corrected chi connectivity index (χ4v) is 2.26. The van der Waals surface area contributed by atoms with Gasteiger partial charge in [-0.3, -0.25) is 9.35 Å². The molecule has 1 unspecified atom stereocenters. The van der Waals surface area contributed by atoms with E-state index in [4.69, 9.17) is 21.3 Å². The summed E-state index contributed by atoms with van der Waals surface area (Å²) in [6.45, 7) is 0. The number of rotatable bonds is 6. The normalized spacial score (nSPS) is 14.3. The van der Waals surface area contributed by atoms with E-state index in [2.05, 4.69) is 0 Å². The molecule has 0 saturated carbocycles. The van der Waals surface area contributed by atoms with E-state index in [-0.39, 0.29) is 0 Å². The van der Waals surface area contributed by atoms with Gasteiger partial charge in [-0.15, -0.1) is 11.6 Å². The summed E-state index contributed by atoms with van der Waals surface area (Å²) < 4.78 is 30.0. The maximum Gasteiger partial charge on any atom is 0.327 e. The zero-order valence-electron chi connectivity index (χ0n) is 10.1. The van der Waals surface area contributed by atoms with E-state index < -0.39 is 39.2 Å². The number of hydrogen-bond donors (Lipinski definition) is 3. The van der Waals surface area contributed by atoms with Crippen molar-refractivity contribution in [3.8, 4) is 0 Å². The Hall–Kier alpha value is -1.64. The van der Waals surface area contributed by atoms with Crippen LogP contribution < -0.4 is 5.32 Å². The first-order valence-corrected chi connectivity index (χ1v) is 7.42. The summed E-state index contributed by atoms with van der Waals surface area (Å²) in [4.78, 5) is 22.6. The molecule has 9 heteroatoms. The summed E-state index contributed by atoms with van der Waals surface area (Å²) in [5.41, 5.74) is 0.433. The van der Waals surface area contributed by atoms with Crippen LogP contribution >= 0.6 is 11.6 Å². The molecular formula is C11H12ClNO6S. The average molecular weight is 322 g/mol. The second kappa shape index (κ2) is 6.69. The van der Waals surface area contributed by atoms with Crippen LogP contribution in [-0.4, -0.2) is 41.7 Å². The third-order valence-electron chi connectivity index (χ3n) is 2.31. The lowest BCUT2D eigenvalue weighted by atomic mass is 10.1. The highest BCUT2D eigenvalue weighted by atomic mass is 35.5. The van der Waals surface area contributed by atoms with Crippen LogP contribution in [0.3, 0.4) is 0 Å². The molecule has 20 heavy (non-hydrogen) atoms. The predicted molar refractivity (Wildman–Crippen MR) is 71.0 cm³/mol. The second-order valence-electron chi connectivity index (χ2n) is 3.92. The summed E-state index contributed by atoms with van der Waals surface area (Å²) in [6, 6.07) is 6.35. The van der Waals surface area contributed by atoms with Crippen molar-refractivity contribution in [3.05, 3.63) is 35.9 Å². The van der Waals surface area contributed by atoms with E-state index >= 15 is 0 Å². The molecule has 0 heterocycles. The van der Waals surface area contributed by atoms with Crippen molar-refractivity contribution >= 4 is 33.6 Å². The van der Waals surface area contributed by atoms with E-state index in [1.165, 1.54) is 0 Å². The number of nitrogens with one attached hydrogen (secondary N) is 1. The molecule has 1 aromatic carbocycles. The molecule has 0 radical (unpaired) electrons. The standard InChI is InChI=1S/C11H12ClNO6S/c12-9(7-4-2-1-3-5-7)10(14)13-8(11(15)16)6-20(17,18)19/h1-5,8-9H,6H2,(H,13,14)(H,15,16)(H,17,18,19)/t8-,9?/m0/s1. The molecule has 110 valence electrons. The Balaban J connectivity index is 2.79. The minimum Gasteiger partial charge on any atom is -0.480 e. The molecule has 1 amide bonds. The first-order valence-electron chi connectivity index (χ1n) is 5.38. The predicted octanol–water partition coefficient (Wildman–Crippen LogP) is 0.424. The van der Waals surface area contributed by atoms with E-state index in [0.717, 1.165) is 0 Å². The molecule has 0 aliphatic carbocycles. The number of aliphatic carboxylic acids is 1. The SMILES string of the molecule is O=C(N[C@@H](CS(=O)(=O)O)C(=O)O)C(Cl)c1ccccc1. The largest absolute Gasteiger partial charge is 0.480 e. The third-order valence-corrected chi connectivity index (χ3v) is 3.52. The van der Waals surface area contributed by atoms with E-state index in [9.17, 15) is 18.0 Å². The number of carbonyl (C=O) groups excluding carboxylic acids is 1. The molecule has 1 rings (SSSR count). The molecule has 0 fully saturated rings. The molecule has 2 atom stereocenters. The van der Waals surface area contributed by atoms with Crippen LogP contribution in [0.2, 0.25) is 0 Å². The Morgan fingerprint density at radius 3 is 2.25 bits per heavy atom. The summed E-state index contributed by atoms with van der Waals surface area (Å²) in [5.74, 6) is -3.59.